The fourth-order valence-electron chi connectivity index (χ4n) is 3.22. The third kappa shape index (κ3) is 9.87. The van der Waals surface area contributed by atoms with Crippen molar-refractivity contribution in [2.75, 3.05) is 0 Å². The first-order valence-corrected chi connectivity index (χ1v) is 10.2. The number of amides is 2. The summed E-state index contributed by atoms with van der Waals surface area (Å²) in [7, 11) is 0. The van der Waals surface area contributed by atoms with Gasteiger partial charge in [-0.15, -0.1) is 0 Å². The maximum Gasteiger partial charge on any atom is 0.249 e. The smallest absolute Gasteiger partial charge is 0.249 e. The van der Waals surface area contributed by atoms with Crippen molar-refractivity contribution in [3.05, 3.63) is 30.1 Å². The predicted octanol–water partition coefficient (Wildman–Crippen LogP) is 3.86. The van der Waals surface area contributed by atoms with E-state index in [9.17, 15) is 9.59 Å². The molecule has 1 saturated carbocycles. The van der Waals surface area contributed by atoms with Gasteiger partial charge in [-0.2, -0.15) is 5.10 Å². The van der Waals surface area contributed by atoms with Gasteiger partial charge in [-0.3, -0.25) is 14.6 Å². The van der Waals surface area contributed by atoms with Crippen LogP contribution in [0.15, 0.2) is 29.6 Å². The lowest BCUT2D eigenvalue weighted by Gasteiger charge is -2.10. The largest absolute Gasteiger partial charge is 0.352 e. The summed E-state index contributed by atoms with van der Waals surface area (Å²) in [6.07, 6.45) is 16.3. The number of hydrogen-bond acceptors (Lipinski definition) is 4. The molecule has 0 atom stereocenters. The summed E-state index contributed by atoms with van der Waals surface area (Å²) >= 11 is 0. The van der Waals surface area contributed by atoms with Crippen LogP contribution in [0.3, 0.4) is 0 Å². The summed E-state index contributed by atoms with van der Waals surface area (Å²) in [5.41, 5.74) is 4.53. The highest BCUT2D eigenvalue weighted by Gasteiger charge is 2.09. The average Bonchev–Trinajstić information content (AvgIpc) is 2.67. The second-order valence-electron chi connectivity index (χ2n) is 7.21. The van der Waals surface area contributed by atoms with Crippen molar-refractivity contribution in [2.24, 2.45) is 5.10 Å². The topological polar surface area (TPSA) is 83.5 Å². The van der Waals surface area contributed by atoms with Gasteiger partial charge in [0, 0.05) is 24.7 Å². The highest BCUT2D eigenvalue weighted by atomic mass is 16.2. The van der Waals surface area contributed by atoms with Crippen molar-refractivity contribution < 1.29 is 9.59 Å². The van der Waals surface area contributed by atoms with Crippen molar-refractivity contribution in [1.29, 1.82) is 0 Å². The number of carbonyl (C=O) groups is 2. The fourth-order valence-corrected chi connectivity index (χ4v) is 3.22. The van der Waals surface area contributed by atoms with Gasteiger partial charge in [0.25, 0.3) is 0 Å². The Morgan fingerprint density at radius 3 is 2.15 bits per heavy atom. The van der Waals surface area contributed by atoms with E-state index in [1.165, 1.54) is 44.9 Å². The normalized spacial score (nSPS) is 16.5. The van der Waals surface area contributed by atoms with Crippen LogP contribution in [0.1, 0.15) is 82.6 Å². The molecule has 0 aliphatic heterocycles. The zero-order chi connectivity index (χ0) is 19.2. The first kappa shape index (κ1) is 21.1. The highest BCUT2D eigenvalue weighted by molar-refractivity contribution is 5.97. The fraction of sp³-hybridized carbons (Fsp3) is 0.619. The molecule has 2 amide bonds. The number of rotatable bonds is 5. The molecule has 0 unspecified atom stereocenters. The number of aromatic nitrogens is 1. The minimum Gasteiger partial charge on any atom is -0.352 e. The van der Waals surface area contributed by atoms with Crippen LogP contribution in [0.4, 0.5) is 0 Å². The minimum atomic E-state index is -0.364. The van der Waals surface area contributed by atoms with E-state index in [0.29, 0.717) is 6.54 Å². The summed E-state index contributed by atoms with van der Waals surface area (Å²) < 4.78 is 0. The van der Waals surface area contributed by atoms with E-state index in [1.807, 2.05) is 12.1 Å². The molecule has 6 nitrogen and oxygen atoms in total. The lowest BCUT2D eigenvalue weighted by atomic mass is 10.00. The molecule has 1 aliphatic carbocycles. The molecule has 2 rings (SSSR count). The molecular formula is C21H32N4O2. The summed E-state index contributed by atoms with van der Waals surface area (Å²) in [6, 6.07) is 3.69. The van der Waals surface area contributed by atoms with Crippen LogP contribution in [-0.4, -0.2) is 22.5 Å². The second-order valence-corrected chi connectivity index (χ2v) is 7.21. The van der Waals surface area contributed by atoms with Gasteiger partial charge in [-0.1, -0.05) is 51.0 Å². The van der Waals surface area contributed by atoms with Gasteiger partial charge in [0.1, 0.15) is 6.42 Å². The lowest BCUT2D eigenvalue weighted by molar-refractivity contribution is -0.129. The van der Waals surface area contributed by atoms with Crippen LogP contribution >= 0.6 is 0 Å². The van der Waals surface area contributed by atoms with Crippen LogP contribution in [0.25, 0.3) is 0 Å². The zero-order valence-electron chi connectivity index (χ0n) is 16.2. The molecule has 1 aromatic heterocycles. The van der Waals surface area contributed by atoms with Gasteiger partial charge < -0.3 is 5.32 Å². The minimum absolute atomic E-state index is 0.211. The lowest BCUT2D eigenvalue weighted by Crippen LogP contribution is -2.30. The Bertz CT molecular complexity index is 587. The van der Waals surface area contributed by atoms with Gasteiger partial charge in [0.05, 0.1) is 0 Å². The summed E-state index contributed by atoms with van der Waals surface area (Å²) in [4.78, 5) is 27.9. The highest BCUT2D eigenvalue weighted by Crippen LogP contribution is 2.15. The Hall–Kier alpha value is -2.24. The summed E-state index contributed by atoms with van der Waals surface area (Å²) in [5, 5.41) is 7.04. The number of pyridine rings is 1. The molecule has 1 aliphatic rings. The molecule has 0 aromatic carbocycles. The molecule has 1 fully saturated rings. The van der Waals surface area contributed by atoms with Gasteiger partial charge in [-0.25, -0.2) is 5.43 Å². The Kier molecular flexibility index (Phi) is 10.1. The molecule has 148 valence electrons. The quantitative estimate of drug-likeness (QED) is 0.608. The Morgan fingerprint density at radius 1 is 0.926 bits per heavy atom. The van der Waals surface area contributed by atoms with E-state index >= 15 is 0 Å². The van der Waals surface area contributed by atoms with Crippen LogP contribution in [0.2, 0.25) is 0 Å². The van der Waals surface area contributed by atoms with Crippen LogP contribution < -0.4 is 10.7 Å². The SMILES string of the molecule is O=C(CC(=O)NN=C1CCCCCCCCCCC1)NCc1cccnc1. The van der Waals surface area contributed by atoms with Crippen molar-refractivity contribution in [2.45, 2.75) is 83.6 Å². The Labute approximate surface area is 162 Å². The third-order valence-corrected chi connectivity index (χ3v) is 4.80. The van der Waals surface area contributed by atoms with Crippen LogP contribution in [0, 0.1) is 0 Å². The molecule has 0 spiro atoms. The zero-order valence-corrected chi connectivity index (χ0v) is 16.2. The van der Waals surface area contributed by atoms with Gasteiger partial charge in [0.15, 0.2) is 0 Å². The van der Waals surface area contributed by atoms with Crippen LogP contribution in [0.5, 0.6) is 0 Å². The van der Waals surface area contributed by atoms with E-state index < -0.39 is 0 Å². The summed E-state index contributed by atoms with van der Waals surface area (Å²) in [6.45, 7) is 0.370. The van der Waals surface area contributed by atoms with E-state index in [0.717, 1.165) is 37.0 Å². The number of hydrogen-bond donors (Lipinski definition) is 2. The van der Waals surface area contributed by atoms with Gasteiger partial charge in [0.2, 0.25) is 11.8 Å². The van der Waals surface area contributed by atoms with E-state index in [2.05, 4.69) is 20.8 Å². The predicted molar refractivity (Wildman–Crippen MR) is 107 cm³/mol. The third-order valence-electron chi connectivity index (χ3n) is 4.80. The van der Waals surface area contributed by atoms with Crippen molar-refractivity contribution in [3.63, 3.8) is 0 Å². The number of nitrogens with one attached hydrogen (secondary N) is 2. The van der Waals surface area contributed by atoms with Gasteiger partial charge in [-0.05, 0) is 37.3 Å². The first-order valence-electron chi connectivity index (χ1n) is 10.2. The molecule has 0 radical (unpaired) electrons. The van der Waals surface area contributed by atoms with E-state index in [1.54, 1.807) is 12.4 Å². The maximum atomic E-state index is 12.0. The molecular weight excluding hydrogens is 340 g/mol. The van der Waals surface area contributed by atoms with Crippen molar-refractivity contribution in [1.82, 2.24) is 15.7 Å². The van der Waals surface area contributed by atoms with E-state index in [-0.39, 0.29) is 18.2 Å². The van der Waals surface area contributed by atoms with Crippen LogP contribution in [-0.2, 0) is 16.1 Å². The van der Waals surface area contributed by atoms with Gasteiger partial charge >= 0.3 is 0 Å². The maximum absolute atomic E-state index is 12.0. The molecule has 27 heavy (non-hydrogen) atoms. The molecule has 0 saturated heterocycles. The monoisotopic (exact) mass is 372 g/mol. The molecule has 1 heterocycles. The van der Waals surface area contributed by atoms with Crippen molar-refractivity contribution in [3.8, 4) is 0 Å². The Morgan fingerprint density at radius 2 is 1.56 bits per heavy atom. The molecule has 2 N–H and O–H groups in total. The molecule has 6 heteroatoms. The van der Waals surface area contributed by atoms with Crippen molar-refractivity contribution >= 4 is 17.5 Å². The Balaban J connectivity index is 1.72. The number of nitrogens with zero attached hydrogens (tertiary/aromatic N) is 2. The molecule has 1 aromatic rings. The standard InChI is InChI=1S/C21H32N4O2/c26-20(23-17-18-11-10-14-22-16-18)15-21(27)25-24-19-12-8-6-4-2-1-3-5-7-9-13-19/h10-11,14,16H,1-9,12-13,15,17H2,(H,23,26)(H,25,27). The average molecular weight is 373 g/mol. The second kappa shape index (κ2) is 13.0. The number of carbonyl (C=O) groups excluding carboxylic acids is 2. The van der Waals surface area contributed by atoms with E-state index in [4.69, 9.17) is 0 Å². The molecule has 0 bridgehead atoms. The number of hydrazone groups is 1. The first-order chi connectivity index (χ1) is 13.2. The summed E-state index contributed by atoms with van der Waals surface area (Å²) in [5.74, 6) is -0.674.